The number of aliphatic hydroxyl groups is 1. The van der Waals surface area contributed by atoms with Gasteiger partial charge in [0.2, 0.25) is 0 Å². The molecule has 14 heavy (non-hydrogen) atoms. The zero-order valence-electron chi connectivity index (χ0n) is 8.61. The minimum atomic E-state index is -0.178. The molecule has 1 N–H and O–H groups in total. The van der Waals surface area contributed by atoms with Gasteiger partial charge in [-0.25, -0.2) is 0 Å². The third-order valence-electron chi connectivity index (χ3n) is 3.01. The molecule has 2 atom stereocenters. The summed E-state index contributed by atoms with van der Waals surface area (Å²) < 4.78 is 0. The summed E-state index contributed by atoms with van der Waals surface area (Å²) in [4.78, 5) is 4.44. The second-order valence-electron chi connectivity index (χ2n) is 4.21. The Morgan fingerprint density at radius 3 is 3.29 bits per heavy atom. The minimum absolute atomic E-state index is 0.178. The zero-order chi connectivity index (χ0) is 9.97. The molecule has 2 rings (SSSR count). The molecule has 1 aromatic heterocycles. The maximum atomic E-state index is 9.24. The molecule has 0 radical (unpaired) electrons. The molecule has 2 unspecified atom stereocenters. The second-order valence-corrected chi connectivity index (χ2v) is 4.21. The smallest absolute Gasteiger partial charge is 0.0512 e. The van der Waals surface area contributed by atoms with Crippen molar-refractivity contribution in [3.8, 4) is 0 Å². The Kier molecular flexibility index (Phi) is 2.82. The fraction of sp³-hybridized carbons (Fsp3) is 0.583. The summed E-state index contributed by atoms with van der Waals surface area (Å²) in [5.41, 5.74) is 2.68. The molecule has 0 amide bonds. The molecular formula is C12H17NO. The van der Waals surface area contributed by atoms with Gasteiger partial charge in [-0.05, 0) is 44.2 Å². The van der Waals surface area contributed by atoms with Gasteiger partial charge in [0.15, 0.2) is 0 Å². The average molecular weight is 191 g/mol. The SMILES string of the molecule is CC(O)CCC1CCc2cccnc21. The highest BCUT2D eigenvalue weighted by Gasteiger charge is 2.23. The molecule has 0 aromatic carbocycles. The van der Waals surface area contributed by atoms with E-state index in [0.717, 1.165) is 19.3 Å². The van der Waals surface area contributed by atoms with E-state index in [1.165, 1.54) is 17.7 Å². The molecular weight excluding hydrogens is 174 g/mol. The first-order valence-corrected chi connectivity index (χ1v) is 5.39. The predicted octanol–water partition coefficient (Wildman–Crippen LogP) is 2.27. The van der Waals surface area contributed by atoms with Crippen LogP contribution in [-0.2, 0) is 6.42 Å². The summed E-state index contributed by atoms with van der Waals surface area (Å²) in [6, 6.07) is 4.18. The number of nitrogens with zero attached hydrogens (tertiary/aromatic N) is 1. The summed E-state index contributed by atoms with van der Waals surface area (Å²) in [6.45, 7) is 1.86. The van der Waals surface area contributed by atoms with Crippen molar-refractivity contribution in [1.29, 1.82) is 0 Å². The Balaban J connectivity index is 2.03. The summed E-state index contributed by atoms with van der Waals surface area (Å²) in [5, 5.41) is 9.24. The average Bonchev–Trinajstić information content (AvgIpc) is 2.58. The number of aromatic nitrogens is 1. The third kappa shape index (κ3) is 1.95. The van der Waals surface area contributed by atoms with Gasteiger partial charge in [0.25, 0.3) is 0 Å². The highest BCUT2D eigenvalue weighted by atomic mass is 16.3. The van der Waals surface area contributed by atoms with Gasteiger partial charge in [0.1, 0.15) is 0 Å². The number of hydrogen-bond donors (Lipinski definition) is 1. The molecule has 1 aliphatic carbocycles. The molecule has 0 aliphatic heterocycles. The summed E-state index contributed by atoms with van der Waals surface area (Å²) in [6.07, 6.45) is 6.02. The van der Waals surface area contributed by atoms with Gasteiger partial charge in [-0.2, -0.15) is 0 Å². The van der Waals surface area contributed by atoms with Crippen LogP contribution in [0.15, 0.2) is 18.3 Å². The van der Waals surface area contributed by atoms with Gasteiger partial charge in [-0.1, -0.05) is 6.07 Å². The van der Waals surface area contributed by atoms with Crippen molar-refractivity contribution in [3.05, 3.63) is 29.6 Å². The van der Waals surface area contributed by atoms with Gasteiger partial charge >= 0.3 is 0 Å². The van der Waals surface area contributed by atoms with E-state index >= 15 is 0 Å². The first-order chi connectivity index (χ1) is 6.77. The fourth-order valence-corrected chi connectivity index (χ4v) is 2.22. The van der Waals surface area contributed by atoms with Crippen LogP contribution in [0.5, 0.6) is 0 Å². The lowest BCUT2D eigenvalue weighted by molar-refractivity contribution is 0.178. The zero-order valence-corrected chi connectivity index (χ0v) is 8.61. The molecule has 1 aromatic rings. The Hall–Kier alpha value is -0.890. The van der Waals surface area contributed by atoms with E-state index in [4.69, 9.17) is 0 Å². The fourth-order valence-electron chi connectivity index (χ4n) is 2.22. The topological polar surface area (TPSA) is 33.1 Å². The number of fused-ring (bicyclic) bond motifs is 1. The molecule has 0 saturated heterocycles. The van der Waals surface area contributed by atoms with Crippen LogP contribution in [0.25, 0.3) is 0 Å². The van der Waals surface area contributed by atoms with Crippen LogP contribution in [0.1, 0.15) is 43.4 Å². The maximum absolute atomic E-state index is 9.24. The minimum Gasteiger partial charge on any atom is -0.393 e. The van der Waals surface area contributed by atoms with E-state index in [2.05, 4.69) is 11.1 Å². The first-order valence-electron chi connectivity index (χ1n) is 5.39. The van der Waals surface area contributed by atoms with E-state index in [1.54, 1.807) is 0 Å². The molecule has 0 spiro atoms. The number of hydrogen-bond acceptors (Lipinski definition) is 2. The van der Waals surface area contributed by atoms with Gasteiger partial charge in [0, 0.05) is 17.8 Å². The lowest BCUT2D eigenvalue weighted by atomic mass is 9.99. The van der Waals surface area contributed by atoms with Crippen LogP contribution in [0.4, 0.5) is 0 Å². The van der Waals surface area contributed by atoms with E-state index < -0.39 is 0 Å². The van der Waals surface area contributed by atoms with Crippen LogP contribution in [-0.4, -0.2) is 16.2 Å². The Morgan fingerprint density at radius 2 is 2.50 bits per heavy atom. The van der Waals surface area contributed by atoms with Crippen LogP contribution in [0.2, 0.25) is 0 Å². The summed E-state index contributed by atoms with van der Waals surface area (Å²) in [7, 11) is 0. The second kappa shape index (κ2) is 4.09. The van der Waals surface area contributed by atoms with Crippen molar-refractivity contribution in [2.45, 2.75) is 44.6 Å². The Morgan fingerprint density at radius 1 is 1.64 bits per heavy atom. The molecule has 1 heterocycles. The van der Waals surface area contributed by atoms with Crippen LogP contribution in [0, 0.1) is 0 Å². The van der Waals surface area contributed by atoms with E-state index in [-0.39, 0.29) is 6.10 Å². The number of aryl methyl sites for hydroxylation is 1. The molecule has 2 heteroatoms. The van der Waals surface area contributed by atoms with Gasteiger partial charge < -0.3 is 5.11 Å². The third-order valence-corrected chi connectivity index (χ3v) is 3.01. The van der Waals surface area contributed by atoms with Crippen molar-refractivity contribution < 1.29 is 5.11 Å². The van der Waals surface area contributed by atoms with E-state index in [9.17, 15) is 5.11 Å². The van der Waals surface area contributed by atoms with Gasteiger partial charge in [-0.15, -0.1) is 0 Å². The standard InChI is InChI=1S/C12H17NO/c1-9(14)4-5-11-7-6-10-3-2-8-13-12(10)11/h2-3,8-9,11,14H,4-7H2,1H3. The predicted molar refractivity (Wildman–Crippen MR) is 56.2 cm³/mol. The lowest BCUT2D eigenvalue weighted by Crippen LogP contribution is -2.04. The van der Waals surface area contributed by atoms with Gasteiger partial charge in [0.05, 0.1) is 6.10 Å². The van der Waals surface area contributed by atoms with Crippen molar-refractivity contribution in [3.63, 3.8) is 0 Å². The monoisotopic (exact) mass is 191 g/mol. The first kappa shape index (κ1) is 9.66. The van der Waals surface area contributed by atoms with Crippen molar-refractivity contribution in [1.82, 2.24) is 4.98 Å². The Bertz CT molecular complexity index is 309. The van der Waals surface area contributed by atoms with Crippen LogP contribution < -0.4 is 0 Å². The quantitative estimate of drug-likeness (QED) is 0.795. The number of pyridine rings is 1. The van der Waals surface area contributed by atoms with E-state index in [1.807, 2.05) is 19.2 Å². The van der Waals surface area contributed by atoms with Crippen molar-refractivity contribution >= 4 is 0 Å². The molecule has 0 saturated carbocycles. The molecule has 76 valence electrons. The highest BCUT2D eigenvalue weighted by molar-refractivity contribution is 5.28. The molecule has 0 fully saturated rings. The summed E-state index contributed by atoms with van der Waals surface area (Å²) >= 11 is 0. The number of aliphatic hydroxyl groups excluding tert-OH is 1. The number of rotatable bonds is 3. The van der Waals surface area contributed by atoms with Crippen LogP contribution >= 0.6 is 0 Å². The molecule has 1 aliphatic rings. The maximum Gasteiger partial charge on any atom is 0.0512 e. The molecule has 2 nitrogen and oxygen atoms in total. The normalized spacial score (nSPS) is 22.0. The summed E-state index contributed by atoms with van der Waals surface area (Å²) in [5.74, 6) is 0.584. The highest BCUT2D eigenvalue weighted by Crippen LogP contribution is 2.34. The lowest BCUT2D eigenvalue weighted by Gasteiger charge is -2.11. The van der Waals surface area contributed by atoms with Crippen LogP contribution in [0.3, 0.4) is 0 Å². The van der Waals surface area contributed by atoms with Gasteiger partial charge in [-0.3, -0.25) is 4.98 Å². The van der Waals surface area contributed by atoms with E-state index in [0.29, 0.717) is 5.92 Å². The largest absolute Gasteiger partial charge is 0.393 e. The van der Waals surface area contributed by atoms with Crippen molar-refractivity contribution in [2.75, 3.05) is 0 Å². The Labute approximate surface area is 85.0 Å². The van der Waals surface area contributed by atoms with Crippen molar-refractivity contribution in [2.24, 2.45) is 0 Å². The molecule has 0 bridgehead atoms.